The fourth-order valence-corrected chi connectivity index (χ4v) is 2.38. The van der Waals surface area contributed by atoms with Gasteiger partial charge in [-0.25, -0.2) is 0 Å². The molecule has 0 aromatic heterocycles. The lowest BCUT2D eigenvalue weighted by molar-refractivity contribution is 0.377. The number of nitrogens with two attached hydrogens (primary N) is 3. The van der Waals surface area contributed by atoms with Crippen molar-refractivity contribution in [3.63, 3.8) is 0 Å². The van der Waals surface area contributed by atoms with Crippen LogP contribution in [0.4, 0.5) is 0 Å². The van der Waals surface area contributed by atoms with Crippen molar-refractivity contribution in [2.24, 2.45) is 17.5 Å². The van der Waals surface area contributed by atoms with E-state index in [2.05, 4.69) is 22.0 Å². The van der Waals surface area contributed by atoms with Crippen molar-refractivity contribution < 1.29 is 0 Å². The molecule has 3 atom stereocenters. The summed E-state index contributed by atoms with van der Waals surface area (Å²) in [5, 5.41) is 0. The molecule has 0 heterocycles. The summed E-state index contributed by atoms with van der Waals surface area (Å²) < 4.78 is 0. The fraction of sp³-hybridized carbons (Fsp3) is 0.769. The number of rotatable bonds is 3. The van der Waals surface area contributed by atoms with Gasteiger partial charge in [-0.3, -0.25) is 33.8 Å². The maximum absolute atomic E-state index is 5.60. The summed E-state index contributed by atoms with van der Waals surface area (Å²) in [7, 11) is 0. The van der Waals surface area contributed by atoms with Crippen LogP contribution in [0.3, 0.4) is 0 Å². The van der Waals surface area contributed by atoms with Gasteiger partial charge in [-0.2, -0.15) is 0 Å². The van der Waals surface area contributed by atoms with Crippen molar-refractivity contribution in [2.45, 2.75) is 63.1 Å². The number of hydrogen-bond donors (Lipinski definition) is 6. The first kappa shape index (κ1) is 16.3. The molecule has 0 aromatic carbocycles. The van der Waals surface area contributed by atoms with Gasteiger partial charge >= 0.3 is 0 Å². The summed E-state index contributed by atoms with van der Waals surface area (Å²) in [4.78, 5) is 0. The van der Waals surface area contributed by atoms with E-state index in [4.69, 9.17) is 17.5 Å². The molecule has 6 nitrogen and oxygen atoms in total. The summed E-state index contributed by atoms with van der Waals surface area (Å²) in [6.07, 6.45) is 11.2. The fourth-order valence-electron chi connectivity index (χ4n) is 2.38. The maximum atomic E-state index is 5.60. The van der Waals surface area contributed by atoms with Gasteiger partial charge in [0.2, 0.25) is 0 Å². The van der Waals surface area contributed by atoms with Gasteiger partial charge in [-0.05, 0) is 57.1 Å². The van der Waals surface area contributed by atoms with Crippen LogP contribution in [0.2, 0.25) is 0 Å². The minimum atomic E-state index is 0.179. The van der Waals surface area contributed by atoms with E-state index in [0.29, 0.717) is 12.1 Å². The van der Waals surface area contributed by atoms with E-state index >= 15 is 0 Å². The summed E-state index contributed by atoms with van der Waals surface area (Å²) in [5.74, 6) is 16.7. The summed E-state index contributed by atoms with van der Waals surface area (Å²) in [5.41, 5.74) is 11.8. The number of hydrogen-bond acceptors (Lipinski definition) is 6. The van der Waals surface area contributed by atoms with Crippen molar-refractivity contribution in [1.82, 2.24) is 16.3 Å². The zero-order chi connectivity index (χ0) is 13.9. The largest absolute Gasteiger partial charge is 0.271 e. The molecule has 0 aromatic rings. The Bertz CT molecular complexity index is 287. The smallest absolute Gasteiger partial charge is 0.0464 e. The Morgan fingerprint density at radius 3 is 2.16 bits per heavy atom. The standard InChI is InChI=1S/C13H28N6/c14-17-11-5-2-1-3-6-12(18-15)9-10-13(19-16)8-4-7-11/h1,5,11-13,17-19H,3-4,6-10,14-16H2/t2?,11-,12?,13-/m1/s1. The van der Waals surface area contributed by atoms with Crippen molar-refractivity contribution in [1.29, 1.82) is 0 Å². The maximum Gasteiger partial charge on any atom is 0.0464 e. The molecule has 0 bridgehead atoms. The molecule has 6 heteroatoms. The molecule has 0 amide bonds. The van der Waals surface area contributed by atoms with Crippen LogP contribution in [0.1, 0.15) is 44.9 Å². The highest BCUT2D eigenvalue weighted by molar-refractivity contribution is 4.94. The summed E-state index contributed by atoms with van der Waals surface area (Å²) in [6, 6.07) is 0.851. The van der Waals surface area contributed by atoms with Gasteiger partial charge in [0.15, 0.2) is 0 Å². The van der Waals surface area contributed by atoms with Crippen molar-refractivity contribution in [3.8, 4) is 0 Å². The number of nitrogens with one attached hydrogen (secondary N) is 3. The van der Waals surface area contributed by atoms with E-state index in [1.54, 1.807) is 0 Å². The van der Waals surface area contributed by atoms with E-state index in [1.807, 2.05) is 12.2 Å². The van der Waals surface area contributed by atoms with Crippen molar-refractivity contribution >= 4 is 0 Å². The second-order valence-electron chi connectivity index (χ2n) is 5.12. The highest BCUT2D eigenvalue weighted by Gasteiger charge is 2.12. The van der Waals surface area contributed by atoms with Gasteiger partial charge in [-0.1, -0.05) is 0 Å². The second-order valence-corrected chi connectivity index (χ2v) is 5.12. The van der Waals surface area contributed by atoms with E-state index in [9.17, 15) is 0 Å². The monoisotopic (exact) mass is 268 g/mol. The Balaban J connectivity index is 2.59. The zero-order valence-electron chi connectivity index (χ0n) is 11.6. The second kappa shape index (κ2) is 10.1. The van der Waals surface area contributed by atoms with Crippen LogP contribution in [-0.2, 0) is 0 Å². The van der Waals surface area contributed by atoms with E-state index in [-0.39, 0.29) is 6.04 Å². The highest BCUT2D eigenvalue weighted by atomic mass is 15.2. The Morgan fingerprint density at radius 2 is 1.53 bits per heavy atom. The average Bonchev–Trinajstić information content (AvgIpc) is 2.46. The lowest BCUT2D eigenvalue weighted by atomic mass is 9.99. The van der Waals surface area contributed by atoms with E-state index < -0.39 is 0 Å². The van der Waals surface area contributed by atoms with E-state index in [1.165, 1.54) is 0 Å². The minimum absolute atomic E-state index is 0.179. The third-order valence-corrected chi connectivity index (χ3v) is 3.69. The third kappa shape index (κ3) is 6.84. The van der Waals surface area contributed by atoms with Crippen molar-refractivity contribution in [3.05, 3.63) is 17.9 Å². The SMILES string of the molecule is NNC1CCC=C=C[C@@H](NN)CCC[C@@H](NN)CC1. The quantitative estimate of drug-likeness (QED) is 0.243. The molecule has 0 radical (unpaired) electrons. The Hall–Kier alpha value is -0.720. The number of hydrazine groups is 3. The molecule has 1 aliphatic carbocycles. The van der Waals surface area contributed by atoms with Crippen LogP contribution in [0.5, 0.6) is 0 Å². The molecule has 9 N–H and O–H groups in total. The molecule has 110 valence electrons. The molecule has 0 aliphatic heterocycles. The predicted octanol–water partition coefficient (Wildman–Crippen LogP) is -0.0623. The average molecular weight is 268 g/mol. The van der Waals surface area contributed by atoms with Crippen LogP contribution in [0.25, 0.3) is 0 Å². The molecule has 0 fully saturated rings. The first-order valence-corrected chi connectivity index (χ1v) is 7.09. The van der Waals surface area contributed by atoms with Gasteiger partial charge in [0.05, 0.1) is 0 Å². The van der Waals surface area contributed by atoms with Gasteiger partial charge in [0, 0.05) is 18.1 Å². The van der Waals surface area contributed by atoms with Crippen LogP contribution in [-0.4, -0.2) is 18.1 Å². The molecule has 1 aliphatic rings. The Labute approximate surface area is 115 Å². The molecular formula is C13H28N6. The van der Waals surface area contributed by atoms with Gasteiger partial charge in [0.1, 0.15) is 0 Å². The Morgan fingerprint density at radius 1 is 0.842 bits per heavy atom. The zero-order valence-corrected chi connectivity index (χ0v) is 11.6. The normalized spacial score (nSPS) is 30.4. The molecular weight excluding hydrogens is 240 g/mol. The lowest BCUT2D eigenvalue weighted by Gasteiger charge is -2.20. The molecule has 0 spiro atoms. The summed E-state index contributed by atoms with van der Waals surface area (Å²) >= 11 is 0. The van der Waals surface area contributed by atoms with Gasteiger partial charge < -0.3 is 0 Å². The molecule has 1 rings (SSSR count). The van der Waals surface area contributed by atoms with Crippen LogP contribution >= 0.6 is 0 Å². The molecule has 0 saturated carbocycles. The summed E-state index contributed by atoms with van der Waals surface area (Å²) in [6.45, 7) is 0. The van der Waals surface area contributed by atoms with Gasteiger partial charge in [0.25, 0.3) is 0 Å². The molecule has 1 unspecified atom stereocenters. The predicted molar refractivity (Wildman–Crippen MR) is 78.3 cm³/mol. The molecule has 0 saturated heterocycles. The van der Waals surface area contributed by atoms with Crippen molar-refractivity contribution in [2.75, 3.05) is 0 Å². The molecule has 19 heavy (non-hydrogen) atoms. The van der Waals surface area contributed by atoms with Crippen LogP contribution in [0.15, 0.2) is 17.9 Å². The topological polar surface area (TPSA) is 114 Å². The highest BCUT2D eigenvalue weighted by Crippen LogP contribution is 2.13. The van der Waals surface area contributed by atoms with Crippen LogP contribution < -0.4 is 33.8 Å². The lowest BCUT2D eigenvalue weighted by Crippen LogP contribution is -2.39. The first-order valence-electron chi connectivity index (χ1n) is 7.09. The van der Waals surface area contributed by atoms with Crippen LogP contribution in [0, 0.1) is 0 Å². The minimum Gasteiger partial charge on any atom is -0.271 e. The first-order chi connectivity index (χ1) is 9.30. The Kier molecular flexibility index (Phi) is 8.69. The van der Waals surface area contributed by atoms with Gasteiger partial charge in [-0.15, -0.1) is 5.73 Å². The van der Waals surface area contributed by atoms with E-state index in [0.717, 1.165) is 44.9 Å². The third-order valence-electron chi connectivity index (χ3n) is 3.69.